The Balaban J connectivity index is 1.98. The predicted molar refractivity (Wildman–Crippen MR) is 96.9 cm³/mol. The largest absolute Gasteiger partial charge is 0.384 e. The molecule has 0 saturated heterocycles. The lowest BCUT2D eigenvalue weighted by atomic mass is 9.91. The van der Waals surface area contributed by atoms with Gasteiger partial charge in [-0.25, -0.2) is 0 Å². The van der Waals surface area contributed by atoms with Gasteiger partial charge in [0, 0.05) is 0 Å². The van der Waals surface area contributed by atoms with E-state index >= 15 is 0 Å². The van der Waals surface area contributed by atoms with Gasteiger partial charge >= 0.3 is 0 Å². The van der Waals surface area contributed by atoms with Gasteiger partial charge in [-0.2, -0.15) is 0 Å². The molecule has 3 aromatic rings. The predicted octanol–water partition coefficient (Wildman–Crippen LogP) is 4.47. The highest BCUT2D eigenvalue weighted by atomic mass is 16.3. The smallest absolute Gasteiger partial charge is 0.104 e. The van der Waals surface area contributed by atoms with Gasteiger partial charge in [0.2, 0.25) is 0 Å². The highest BCUT2D eigenvalue weighted by molar-refractivity contribution is 5.41. The lowest BCUT2D eigenvalue weighted by Crippen LogP contribution is -2.08. The van der Waals surface area contributed by atoms with E-state index in [2.05, 4.69) is 0 Å². The summed E-state index contributed by atoms with van der Waals surface area (Å²) in [6, 6.07) is 23.2. The fourth-order valence-electron chi connectivity index (χ4n) is 2.87. The van der Waals surface area contributed by atoms with Crippen molar-refractivity contribution in [3.05, 3.63) is 106 Å². The number of aliphatic hydroxyl groups excluding tert-OH is 2. The van der Waals surface area contributed by atoms with E-state index in [1.54, 1.807) is 0 Å². The number of hydrogen-bond acceptors (Lipinski definition) is 2. The average molecular weight is 318 g/mol. The number of aryl methyl sites for hydroxylation is 2. The summed E-state index contributed by atoms with van der Waals surface area (Å²) >= 11 is 0. The fourth-order valence-corrected chi connectivity index (χ4v) is 2.87. The van der Waals surface area contributed by atoms with Crippen molar-refractivity contribution in [2.75, 3.05) is 0 Å². The van der Waals surface area contributed by atoms with Crippen molar-refractivity contribution in [3.63, 3.8) is 0 Å². The summed E-state index contributed by atoms with van der Waals surface area (Å²) in [4.78, 5) is 0. The maximum absolute atomic E-state index is 10.8. The van der Waals surface area contributed by atoms with Gasteiger partial charge in [-0.1, -0.05) is 83.9 Å². The van der Waals surface area contributed by atoms with E-state index in [-0.39, 0.29) is 0 Å². The van der Waals surface area contributed by atoms with Gasteiger partial charge in [0.25, 0.3) is 0 Å². The molecule has 0 bridgehead atoms. The molecule has 0 radical (unpaired) electrons. The van der Waals surface area contributed by atoms with Crippen molar-refractivity contribution in [3.8, 4) is 0 Å². The molecule has 2 N–H and O–H groups in total. The highest BCUT2D eigenvalue weighted by Crippen LogP contribution is 2.31. The van der Waals surface area contributed by atoms with E-state index < -0.39 is 12.2 Å². The first-order valence-electron chi connectivity index (χ1n) is 8.14. The first kappa shape index (κ1) is 16.4. The maximum Gasteiger partial charge on any atom is 0.104 e. The monoisotopic (exact) mass is 318 g/mol. The molecule has 2 heteroatoms. The number of hydrogen-bond donors (Lipinski definition) is 2. The van der Waals surface area contributed by atoms with E-state index in [0.29, 0.717) is 0 Å². The van der Waals surface area contributed by atoms with Crippen molar-refractivity contribution >= 4 is 0 Å². The molecular weight excluding hydrogens is 296 g/mol. The summed E-state index contributed by atoms with van der Waals surface area (Å²) in [6.45, 7) is 4.04. The minimum atomic E-state index is -0.762. The lowest BCUT2D eigenvalue weighted by Gasteiger charge is -2.20. The zero-order valence-corrected chi connectivity index (χ0v) is 14.0. The van der Waals surface area contributed by atoms with E-state index in [9.17, 15) is 10.2 Å². The van der Waals surface area contributed by atoms with Gasteiger partial charge in [0.1, 0.15) is 12.2 Å². The standard InChI is InChI=1S/C22H22O2/c1-15-7-11-17(12-8-15)21(23)19-5-3-4-6-20(19)22(24)18-13-9-16(2)10-14-18/h3-14,21-24H,1-2H3/t21-,22-/m1/s1. The molecule has 0 aliphatic carbocycles. The van der Waals surface area contributed by atoms with Crippen molar-refractivity contribution < 1.29 is 10.2 Å². The van der Waals surface area contributed by atoms with Gasteiger partial charge in [0.15, 0.2) is 0 Å². The van der Waals surface area contributed by atoms with Crippen molar-refractivity contribution in [2.24, 2.45) is 0 Å². The molecular formula is C22H22O2. The summed E-state index contributed by atoms with van der Waals surface area (Å²) in [7, 11) is 0. The number of rotatable bonds is 4. The van der Waals surface area contributed by atoms with Gasteiger partial charge in [-0.3, -0.25) is 0 Å². The molecule has 0 aliphatic rings. The number of aliphatic hydroxyl groups is 2. The van der Waals surface area contributed by atoms with Crippen LogP contribution in [0.15, 0.2) is 72.8 Å². The van der Waals surface area contributed by atoms with Crippen molar-refractivity contribution in [1.82, 2.24) is 0 Å². The average Bonchev–Trinajstić information content (AvgIpc) is 2.62. The second kappa shape index (κ2) is 7.00. The van der Waals surface area contributed by atoms with Crippen LogP contribution < -0.4 is 0 Å². The first-order chi connectivity index (χ1) is 11.6. The molecule has 0 heterocycles. The van der Waals surface area contributed by atoms with Crippen LogP contribution in [0.2, 0.25) is 0 Å². The zero-order chi connectivity index (χ0) is 17.1. The van der Waals surface area contributed by atoms with Crippen molar-refractivity contribution in [2.45, 2.75) is 26.1 Å². The molecule has 2 atom stereocenters. The molecule has 0 saturated carbocycles. The zero-order valence-electron chi connectivity index (χ0n) is 14.0. The Morgan fingerprint density at radius 3 is 1.21 bits per heavy atom. The minimum absolute atomic E-state index is 0.731. The summed E-state index contributed by atoms with van der Waals surface area (Å²) in [5.74, 6) is 0. The third-order valence-corrected chi connectivity index (χ3v) is 4.37. The quantitative estimate of drug-likeness (QED) is 0.745. The normalized spacial score (nSPS) is 13.5. The van der Waals surface area contributed by atoms with E-state index in [0.717, 1.165) is 33.4 Å². The highest BCUT2D eigenvalue weighted by Gasteiger charge is 2.20. The third-order valence-electron chi connectivity index (χ3n) is 4.37. The Hall–Kier alpha value is -2.42. The third kappa shape index (κ3) is 3.40. The molecule has 0 unspecified atom stereocenters. The molecule has 0 aromatic heterocycles. The lowest BCUT2D eigenvalue weighted by molar-refractivity contribution is 0.197. The van der Waals surface area contributed by atoms with Gasteiger partial charge in [-0.05, 0) is 36.1 Å². The van der Waals surface area contributed by atoms with Crippen LogP contribution in [0.1, 0.15) is 45.6 Å². The Bertz CT molecular complexity index is 734. The first-order valence-corrected chi connectivity index (χ1v) is 8.14. The summed E-state index contributed by atoms with van der Waals surface area (Å²) in [6.07, 6.45) is -1.52. The summed E-state index contributed by atoms with van der Waals surface area (Å²) in [5, 5.41) is 21.6. The van der Waals surface area contributed by atoms with Crippen LogP contribution in [-0.4, -0.2) is 10.2 Å². The summed E-state index contributed by atoms with van der Waals surface area (Å²) in [5.41, 5.74) is 5.41. The van der Waals surface area contributed by atoms with E-state index in [1.165, 1.54) is 0 Å². The SMILES string of the molecule is Cc1ccc([C@@H](O)c2ccccc2[C@H](O)c2ccc(C)cc2)cc1. The fraction of sp³-hybridized carbons (Fsp3) is 0.182. The minimum Gasteiger partial charge on any atom is -0.384 e. The Labute approximate surface area is 143 Å². The van der Waals surface area contributed by atoms with E-state index in [1.807, 2.05) is 86.6 Å². The van der Waals surface area contributed by atoms with Crippen LogP contribution >= 0.6 is 0 Å². The second-order valence-electron chi connectivity index (χ2n) is 6.26. The Morgan fingerprint density at radius 2 is 0.875 bits per heavy atom. The molecule has 0 fully saturated rings. The van der Waals surface area contributed by atoms with Crippen LogP contribution in [0.3, 0.4) is 0 Å². The van der Waals surface area contributed by atoms with Crippen LogP contribution in [0, 0.1) is 13.8 Å². The molecule has 122 valence electrons. The molecule has 3 aromatic carbocycles. The van der Waals surface area contributed by atoms with Crippen LogP contribution in [0.4, 0.5) is 0 Å². The number of benzene rings is 3. The Morgan fingerprint density at radius 1 is 0.542 bits per heavy atom. The van der Waals surface area contributed by atoms with Gasteiger partial charge in [0.05, 0.1) is 0 Å². The second-order valence-corrected chi connectivity index (χ2v) is 6.26. The molecule has 0 spiro atoms. The van der Waals surface area contributed by atoms with Crippen LogP contribution in [0.5, 0.6) is 0 Å². The van der Waals surface area contributed by atoms with Crippen LogP contribution in [0.25, 0.3) is 0 Å². The van der Waals surface area contributed by atoms with Crippen molar-refractivity contribution in [1.29, 1.82) is 0 Å². The van der Waals surface area contributed by atoms with E-state index in [4.69, 9.17) is 0 Å². The molecule has 3 rings (SSSR count). The van der Waals surface area contributed by atoms with Gasteiger partial charge < -0.3 is 10.2 Å². The summed E-state index contributed by atoms with van der Waals surface area (Å²) < 4.78 is 0. The Kier molecular flexibility index (Phi) is 4.79. The van der Waals surface area contributed by atoms with Gasteiger partial charge in [-0.15, -0.1) is 0 Å². The van der Waals surface area contributed by atoms with Crippen LogP contribution in [-0.2, 0) is 0 Å². The molecule has 2 nitrogen and oxygen atoms in total. The topological polar surface area (TPSA) is 40.5 Å². The molecule has 0 amide bonds. The molecule has 0 aliphatic heterocycles. The maximum atomic E-state index is 10.8. The molecule has 24 heavy (non-hydrogen) atoms.